The number of piperidine rings is 1. The molecule has 0 spiro atoms. The van der Waals surface area contributed by atoms with E-state index in [4.69, 9.17) is 9.26 Å². The highest BCUT2D eigenvalue weighted by atomic mass is 16.5. The van der Waals surface area contributed by atoms with Crippen molar-refractivity contribution < 1.29 is 9.26 Å². The molecule has 0 unspecified atom stereocenters. The maximum atomic E-state index is 5.74. The van der Waals surface area contributed by atoms with Crippen molar-refractivity contribution in [3.8, 4) is 0 Å². The molecule has 0 bridgehead atoms. The first-order chi connectivity index (χ1) is 7.75. The number of hydrogen-bond acceptors (Lipinski definition) is 5. The number of nitrogens with one attached hydrogen (secondary N) is 1. The summed E-state index contributed by atoms with van der Waals surface area (Å²) < 4.78 is 10.8. The molecule has 0 saturated carbocycles. The first-order valence-electron chi connectivity index (χ1n) is 5.90. The molecule has 1 aromatic heterocycles. The zero-order valence-electron chi connectivity index (χ0n) is 9.90. The SMILES string of the molecule is CC(C)c1nc(COC2CCNCC2)no1. The van der Waals surface area contributed by atoms with Gasteiger partial charge in [-0.25, -0.2) is 0 Å². The van der Waals surface area contributed by atoms with Crippen LogP contribution in [0, 0.1) is 0 Å². The Morgan fingerprint density at radius 3 is 2.81 bits per heavy atom. The predicted octanol–water partition coefficient (Wildman–Crippen LogP) is 1.46. The molecule has 1 saturated heterocycles. The molecule has 1 aliphatic heterocycles. The quantitative estimate of drug-likeness (QED) is 0.840. The Labute approximate surface area is 95.6 Å². The molecule has 0 amide bonds. The summed E-state index contributed by atoms with van der Waals surface area (Å²) in [7, 11) is 0. The van der Waals surface area contributed by atoms with Gasteiger partial charge in [-0.05, 0) is 25.9 Å². The molecule has 1 fully saturated rings. The molecule has 90 valence electrons. The van der Waals surface area contributed by atoms with Crippen molar-refractivity contribution >= 4 is 0 Å². The van der Waals surface area contributed by atoms with E-state index in [1.165, 1.54) is 0 Å². The standard InChI is InChI=1S/C11H19N3O2/c1-8(2)11-13-10(14-16-11)7-15-9-3-5-12-6-4-9/h8-9,12H,3-7H2,1-2H3. The van der Waals surface area contributed by atoms with E-state index in [1.54, 1.807) is 0 Å². The lowest BCUT2D eigenvalue weighted by Crippen LogP contribution is -2.32. The largest absolute Gasteiger partial charge is 0.370 e. The Bertz CT molecular complexity index is 319. The second-order valence-corrected chi connectivity index (χ2v) is 4.46. The smallest absolute Gasteiger partial charge is 0.229 e. The molecule has 1 aromatic rings. The zero-order valence-corrected chi connectivity index (χ0v) is 9.90. The molecule has 16 heavy (non-hydrogen) atoms. The topological polar surface area (TPSA) is 60.2 Å². The second-order valence-electron chi connectivity index (χ2n) is 4.46. The number of aromatic nitrogens is 2. The second kappa shape index (κ2) is 5.41. The maximum absolute atomic E-state index is 5.74. The van der Waals surface area contributed by atoms with Crippen molar-refractivity contribution in [2.45, 2.75) is 45.3 Å². The molecule has 0 aliphatic carbocycles. The van der Waals surface area contributed by atoms with Crippen LogP contribution in [0.15, 0.2) is 4.52 Å². The van der Waals surface area contributed by atoms with E-state index in [0.29, 0.717) is 24.4 Å². The van der Waals surface area contributed by atoms with Gasteiger partial charge in [0.05, 0.1) is 6.10 Å². The van der Waals surface area contributed by atoms with Gasteiger partial charge in [-0.1, -0.05) is 19.0 Å². The Hall–Kier alpha value is -0.940. The highest BCUT2D eigenvalue weighted by Gasteiger charge is 2.15. The van der Waals surface area contributed by atoms with Crippen LogP contribution in [-0.2, 0) is 11.3 Å². The fourth-order valence-corrected chi connectivity index (χ4v) is 1.72. The van der Waals surface area contributed by atoms with Crippen LogP contribution in [-0.4, -0.2) is 29.3 Å². The minimum absolute atomic E-state index is 0.278. The number of ether oxygens (including phenoxy) is 1. The molecule has 0 radical (unpaired) electrons. The van der Waals surface area contributed by atoms with Crippen molar-refractivity contribution in [3.05, 3.63) is 11.7 Å². The third kappa shape index (κ3) is 3.02. The van der Waals surface area contributed by atoms with Crippen LogP contribution >= 0.6 is 0 Å². The van der Waals surface area contributed by atoms with Crippen LogP contribution in [0.5, 0.6) is 0 Å². The molecule has 0 aromatic carbocycles. The average Bonchev–Trinajstić information content (AvgIpc) is 2.76. The van der Waals surface area contributed by atoms with E-state index in [0.717, 1.165) is 25.9 Å². The van der Waals surface area contributed by atoms with Gasteiger partial charge >= 0.3 is 0 Å². The molecular formula is C11H19N3O2. The lowest BCUT2D eigenvalue weighted by atomic mass is 10.1. The molecular weight excluding hydrogens is 206 g/mol. The zero-order chi connectivity index (χ0) is 11.4. The Kier molecular flexibility index (Phi) is 3.90. The van der Waals surface area contributed by atoms with Gasteiger partial charge in [0, 0.05) is 5.92 Å². The van der Waals surface area contributed by atoms with Gasteiger partial charge in [0.2, 0.25) is 5.89 Å². The van der Waals surface area contributed by atoms with Gasteiger partial charge in [-0.2, -0.15) is 4.98 Å². The van der Waals surface area contributed by atoms with Crippen molar-refractivity contribution in [1.29, 1.82) is 0 Å². The molecule has 1 aliphatic rings. The number of hydrogen-bond donors (Lipinski definition) is 1. The first kappa shape index (κ1) is 11.5. The third-order valence-corrected chi connectivity index (χ3v) is 2.71. The predicted molar refractivity (Wildman–Crippen MR) is 59.1 cm³/mol. The summed E-state index contributed by atoms with van der Waals surface area (Å²) in [5.74, 6) is 1.62. The van der Waals surface area contributed by atoms with E-state index in [-0.39, 0.29) is 5.92 Å². The summed E-state index contributed by atoms with van der Waals surface area (Å²) in [6, 6.07) is 0. The molecule has 1 N–H and O–H groups in total. The fraction of sp³-hybridized carbons (Fsp3) is 0.818. The van der Waals surface area contributed by atoms with Gasteiger partial charge in [0.15, 0.2) is 5.82 Å². The summed E-state index contributed by atoms with van der Waals surface area (Å²) in [5.41, 5.74) is 0. The van der Waals surface area contributed by atoms with Crippen molar-refractivity contribution in [1.82, 2.24) is 15.5 Å². The first-order valence-corrected chi connectivity index (χ1v) is 5.90. The Morgan fingerprint density at radius 1 is 1.44 bits per heavy atom. The summed E-state index contributed by atoms with van der Waals surface area (Å²) >= 11 is 0. The van der Waals surface area contributed by atoms with Crippen LogP contribution in [0.2, 0.25) is 0 Å². The average molecular weight is 225 g/mol. The highest BCUT2D eigenvalue weighted by molar-refractivity contribution is 4.89. The summed E-state index contributed by atoms with van der Waals surface area (Å²) in [4.78, 5) is 4.28. The molecule has 5 heteroatoms. The van der Waals surface area contributed by atoms with Crippen LogP contribution in [0.1, 0.15) is 44.3 Å². The van der Waals surface area contributed by atoms with E-state index < -0.39 is 0 Å². The number of nitrogens with zero attached hydrogens (tertiary/aromatic N) is 2. The van der Waals surface area contributed by atoms with Gasteiger partial charge in [0.25, 0.3) is 0 Å². The summed E-state index contributed by atoms with van der Waals surface area (Å²) in [5, 5.41) is 7.20. The van der Waals surface area contributed by atoms with Crippen molar-refractivity contribution in [2.75, 3.05) is 13.1 Å². The monoisotopic (exact) mass is 225 g/mol. The molecule has 0 atom stereocenters. The minimum atomic E-state index is 0.278. The van der Waals surface area contributed by atoms with Gasteiger partial charge < -0.3 is 14.6 Å². The normalized spacial score (nSPS) is 18.2. The van der Waals surface area contributed by atoms with Crippen molar-refractivity contribution in [3.63, 3.8) is 0 Å². The maximum Gasteiger partial charge on any atom is 0.229 e. The highest BCUT2D eigenvalue weighted by Crippen LogP contribution is 2.13. The van der Waals surface area contributed by atoms with Crippen LogP contribution in [0.25, 0.3) is 0 Å². The number of rotatable bonds is 4. The summed E-state index contributed by atoms with van der Waals surface area (Å²) in [6.45, 7) is 6.60. The van der Waals surface area contributed by atoms with Crippen molar-refractivity contribution in [2.24, 2.45) is 0 Å². The lowest BCUT2D eigenvalue weighted by Gasteiger charge is -2.22. The van der Waals surface area contributed by atoms with E-state index in [1.807, 2.05) is 13.8 Å². The Balaban J connectivity index is 1.79. The molecule has 2 heterocycles. The van der Waals surface area contributed by atoms with Crippen LogP contribution < -0.4 is 5.32 Å². The van der Waals surface area contributed by atoms with Gasteiger partial charge in [-0.15, -0.1) is 0 Å². The Morgan fingerprint density at radius 2 is 2.19 bits per heavy atom. The molecule has 5 nitrogen and oxygen atoms in total. The minimum Gasteiger partial charge on any atom is -0.370 e. The lowest BCUT2D eigenvalue weighted by molar-refractivity contribution is 0.0170. The van der Waals surface area contributed by atoms with Gasteiger partial charge in [0.1, 0.15) is 6.61 Å². The van der Waals surface area contributed by atoms with E-state index in [2.05, 4.69) is 15.5 Å². The summed E-state index contributed by atoms with van der Waals surface area (Å²) in [6.07, 6.45) is 2.46. The fourth-order valence-electron chi connectivity index (χ4n) is 1.72. The van der Waals surface area contributed by atoms with Crippen LogP contribution in [0.4, 0.5) is 0 Å². The molecule has 2 rings (SSSR count). The van der Waals surface area contributed by atoms with Crippen LogP contribution in [0.3, 0.4) is 0 Å². The third-order valence-electron chi connectivity index (χ3n) is 2.71. The van der Waals surface area contributed by atoms with Gasteiger partial charge in [-0.3, -0.25) is 0 Å². The van der Waals surface area contributed by atoms with E-state index >= 15 is 0 Å². The van der Waals surface area contributed by atoms with E-state index in [9.17, 15) is 0 Å².